The first-order valence-corrected chi connectivity index (χ1v) is 12.2. The zero-order valence-electron chi connectivity index (χ0n) is 19.8. The maximum absolute atomic E-state index is 13.5. The number of nitrogens with zero attached hydrogens (tertiary/aromatic N) is 2. The zero-order chi connectivity index (χ0) is 25.9. The van der Waals surface area contributed by atoms with E-state index in [0.29, 0.717) is 40.7 Å². The first kappa shape index (κ1) is 24.5. The number of anilines is 1. The number of fused-ring (bicyclic) bond motifs is 1. The van der Waals surface area contributed by atoms with E-state index in [1.54, 1.807) is 47.5 Å². The average Bonchev–Trinajstić information content (AvgIpc) is 3.53. The van der Waals surface area contributed by atoms with Crippen LogP contribution in [0, 0.1) is 0 Å². The van der Waals surface area contributed by atoms with E-state index in [1.807, 2.05) is 24.3 Å². The molecule has 2 aromatic carbocycles. The monoisotopic (exact) mass is 518 g/mol. The number of carbonyl (C=O) groups excluding carboxylic acids is 2. The van der Waals surface area contributed by atoms with Gasteiger partial charge in [-0.05, 0) is 71.7 Å². The normalized spacial score (nSPS) is 15.5. The molecule has 37 heavy (non-hydrogen) atoms. The van der Waals surface area contributed by atoms with Gasteiger partial charge in [0.25, 0.3) is 5.91 Å². The van der Waals surface area contributed by atoms with Crippen LogP contribution in [-0.4, -0.2) is 41.0 Å². The molecular weight excluding hydrogens is 495 g/mol. The van der Waals surface area contributed by atoms with Crippen LogP contribution in [0.15, 0.2) is 71.3 Å². The smallest absolute Gasteiger partial charge is 0.253 e. The van der Waals surface area contributed by atoms with Crippen LogP contribution in [0.3, 0.4) is 0 Å². The van der Waals surface area contributed by atoms with Crippen molar-refractivity contribution in [1.82, 2.24) is 15.2 Å². The number of hydrogen-bond acceptors (Lipinski definition) is 5. The fourth-order valence-corrected chi connectivity index (χ4v) is 4.49. The second-order valence-electron chi connectivity index (χ2n) is 8.87. The SMILES string of the molecule is Nc1ccc(C=CC(=O)NCc2cc3cc(-c4ccc(C(=O)N5CC[C@H](F)C5)cc4)cc(Cl)c3o2)cn1. The van der Waals surface area contributed by atoms with Crippen LogP contribution < -0.4 is 11.1 Å². The van der Waals surface area contributed by atoms with Crippen LogP contribution in [0.4, 0.5) is 10.2 Å². The summed E-state index contributed by atoms with van der Waals surface area (Å²) in [5.74, 6) is 0.523. The molecule has 4 aromatic rings. The standard InChI is InChI=1S/C28H24ClFN4O3/c29-24-13-20(18-3-5-19(6-4-18)28(36)34-10-9-22(30)16-34)11-21-12-23(37-27(21)24)15-33-26(35)8-2-17-1-7-25(31)32-14-17/h1-8,11-14,22H,9-10,15-16H2,(H2,31,32)(H,33,35)/t22-/m0/s1. The molecular formula is C28H24ClFN4O3. The van der Waals surface area contributed by atoms with Gasteiger partial charge < -0.3 is 20.4 Å². The van der Waals surface area contributed by atoms with E-state index in [2.05, 4.69) is 10.3 Å². The quantitative estimate of drug-likeness (QED) is 0.340. The summed E-state index contributed by atoms with van der Waals surface area (Å²) in [5, 5.41) is 4.01. The summed E-state index contributed by atoms with van der Waals surface area (Å²) in [7, 11) is 0. The van der Waals surface area contributed by atoms with Gasteiger partial charge in [0.1, 0.15) is 17.7 Å². The van der Waals surface area contributed by atoms with Crippen LogP contribution in [-0.2, 0) is 11.3 Å². The number of halogens is 2. The second kappa shape index (κ2) is 10.4. The molecule has 3 heterocycles. The van der Waals surface area contributed by atoms with E-state index < -0.39 is 6.17 Å². The lowest BCUT2D eigenvalue weighted by Crippen LogP contribution is -2.28. The molecule has 1 aliphatic heterocycles. The minimum atomic E-state index is -0.950. The third-order valence-electron chi connectivity index (χ3n) is 6.18. The summed E-state index contributed by atoms with van der Waals surface area (Å²) < 4.78 is 19.3. The van der Waals surface area contributed by atoms with Crippen molar-refractivity contribution in [3.05, 3.63) is 88.8 Å². The molecule has 0 radical (unpaired) electrons. The number of amides is 2. The van der Waals surface area contributed by atoms with Crippen LogP contribution >= 0.6 is 11.6 Å². The highest BCUT2D eigenvalue weighted by atomic mass is 35.5. The molecule has 2 aromatic heterocycles. The number of furan rings is 1. The number of rotatable bonds is 6. The molecule has 0 aliphatic carbocycles. The molecule has 188 valence electrons. The molecule has 0 saturated carbocycles. The number of aromatic nitrogens is 1. The molecule has 3 N–H and O–H groups in total. The van der Waals surface area contributed by atoms with Gasteiger partial charge in [-0.25, -0.2) is 9.37 Å². The highest BCUT2D eigenvalue weighted by Gasteiger charge is 2.26. The fourth-order valence-electron chi connectivity index (χ4n) is 4.23. The third-order valence-corrected chi connectivity index (χ3v) is 6.46. The van der Waals surface area contributed by atoms with Crippen molar-refractivity contribution in [2.24, 2.45) is 0 Å². The molecule has 0 unspecified atom stereocenters. The molecule has 9 heteroatoms. The Labute approximate surface area is 217 Å². The Balaban J connectivity index is 1.26. The second-order valence-corrected chi connectivity index (χ2v) is 9.28. The van der Waals surface area contributed by atoms with E-state index in [-0.39, 0.29) is 24.9 Å². The van der Waals surface area contributed by atoms with Gasteiger partial charge in [0.15, 0.2) is 5.58 Å². The van der Waals surface area contributed by atoms with Crippen LogP contribution in [0.5, 0.6) is 0 Å². The molecule has 0 bridgehead atoms. The molecule has 1 saturated heterocycles. The van der Waals surface area contributed by atoms with Crippen molar-refractivity contribution in [2.45, 2.75) is 19.1 Å². The molecule has 1 aliphatic rings. The van der Waals surface area contributed by atoms with E-state index >= 15 is 0 Å². The third kappa shape index (κ3) is 5.65. The maximum atomic E-state index is 13.5. The number of alkyl halides is 1. The van der Waals surface area contributed by atoms with Gasteiger partial charge in [-0.1, -0.05) is 23.7 Å². The van der Waals surface area contributed by atoms with Crippen LogP contribution in [0.25, 0.3) is 28.2 Å². The lowest BCUT2D eigenvalue weighted by molar-refractivity contribution is -0.116. The summed E-state index contributed by atoms with van der Waals surface area (Å²) in [5.41, 5.74) is 9.11. The van der Waals surface area contributed by atoms with Crippen molar-refractivity contribution in [3.63, 3.8) is 0 Å². The molecule has 1 fully saturated rings. The summed E-state index contributed by atoms with van der Waals surface area (Å²) in [4.78, 5) is 30.3. The number of carbonyl (C=O) groups is 2. The van der Waals surface area contributed by atoms with Gasteiger partial charge in [-0.2, -0.15) is 0 Å². The predicted molar refractivity (Wildman–Crippen MR) is 142 cm³/mol. The number of nitrogens with two attached hydrogens (primary N) is 1. The van der Waals surface area contributed by atoms with Gasteiger partial charge >= 0.3 is 0 Å². The highest BCUT2D eigenvalue weighted by molar-refractivity contribution is 6.35. The van der Waals surface area contributed by atoms with E-state index in [9.17, 15) is 14.0 Å². The molecule has 0 spiro atoms. The first-order chi connectivity index (χ1) is 17.9. The number of nitrogens with one attached hydrogen (secondary N) is 1. The number of pyridine rings is 1. The Bertz CT molecular complexity index is 1480. The molecule has 7 nitrogen and oxygen atoms in total. The van der Waals surface area contributed by atoms with Gasteiger partial charge in [0.2, 0.25) is 5.91 Å². The average molecular weight is 519 g/mol. The topological polar surface area (TPSA) is 101 Å². The lowest BCUT2D eigenvalue weighted by Gasteiger charge is -2.15. The van der Waals surface area contributed by atoms with Crippen molar-refractivity contribution in [3.8, 4) is 11.1 Å². The van der Waals surface area contributed by atoms with Gasteiger partial charge in [0, 0.05) is 29.8 Å². The van der Waals surface area contributed by atoms with E-state index in [0.717, 1.165) is 22.1 Å². The number of likely N-dealkylation sites (tertiary alicyclic amines) is 1. The molecule has 1 atom stereocenters. The summed E-state index contributed by atoms with van der Waals surface area (Å²) in [6.07, 6.45) is 4.07. The van der Waals surface area contributed by atoms with E-state index in [1.165, 1.54) is 6.08 Å². The van der Waals surface area contributed by atoms with Crippen molar-refractivity contribution < 1.29 is 18.4 Å². The molecule has 5 rings (SSSR count). The summed E-state index contributed by atoms with van der Waals surface area (Å²) in [6, 6.07) is 16.2. The largest absolute Gasteiger partial charge is 0.458 e. The van der Waals surface area contributed by atoms with Gasteiger partial charge in [0.05, 0.1) is 18.1 Å². The maximum Gasteiger partial charge on any atom is 0.253 e. The fraction of sp³-hybridized carbons (Fsp3) is 0.179. The Morgan fingerprint density at radius 1 is 1.16 bits per heavy atom. The summed E-state index contributed by atoms with van der Waals surface area (Å²) in [6.45, 7) is 0.774. The van der Waals surface area contributed by atoms with E-state index in [4.69, 9.17) is 21.8 Å². The van der Waals surface area contributed by atoms with Crippen LogP contribution in [0.1, 0.15) is 28.1 Å². The number of nitrogen functional groups attached to an aromatic ring is 1. The molecule has 2 amide bonds. The minimum absolute atomic E-state index is 0.145. The van der Waals surface area contributed by atoms with Crippen molar-refractivity contribution in [1.29, 1.82) is 0 Å². The predicted octanol–water partition coefficient (Wildman–Crippen LogP) is 5.24. The first-order valence-electron chi connectivity index (χ1n) is 11.8. The minimum Gasteiger partial charge on any atom is -0.458 e. The Morgan fingerprint density at radius 2 is 1.97 bits per heavy atom. The van der Waals surface area contributed by atoms with Crippen molar-refractivity contribution >= 4 is 46.3 Å². The lowest BCUT2D eigenvalue weighted by atomic mass is 10.0. The highest BCUT2D eigenvalue weighted by Crippen LogP contribution is 2.33. The van der Waals surface area contributed by atoms with Gasteiger partial charge in [-0.15, -0.1) is 0 Å². The van der Waals surface area contributed by atoms with Crippen LogP contribution in [0.2, 0.25) is 5.02 Å². The Kier molecular flexibility index (Phi) is 6.92. The zero-order valence-corrected chi connectivity index (χ0v) is 20.5. The Morgan fingerprint density at radius 3 is 2.68 bits per heavy atom. The Hall–Kier alpha value is -4.17. The van der Waals surface area contributed by atoms with Gasteiger partial charge in [-0.3, -0.25) is 9.59 Å². The number of hydrogen-bond donors (Lipinski definition) is 2. The summed E-state index contributed by atoms with van der Waals surface area (Å²) >= 11 is 6.49. The number of benzene rings is 2. The van der Waals surface area contributed by atoms with Crippen molar-refractivity contribution in [2.75, 3.05) is 18.8 Å².